The lowest BCUT2D eigenvalue weighted by atomic mass is 10.5. The van der Waals surface area contributed by atoms with Crippen molar-refractivity contribution in [1.29, 1.82) is 0 Å². The molecule has 8 heavy (non-hydrogen) atoms. The van der Waals surface area contributed by atoms with E-state index >= 15 is 0 Å². The van der Waals surface area contributed by atoms with Crippen LogP contribution in [0.2, 0.25) is 0 Å². The third-order valence-electron chi connectivity index (χ3n) is 1.15. The lowest BCUT2D eigenvalue weighted by Gasteiger charge is -2.10. The van der Waals surface area contributed by atoms with Crippen LogP contribution in [0.1, 0.15) is 6.42 Å². The first-order valence-electron chi connectivity index (χ1n) is 2.91. The molecule has 1 aliphatic heterocycles. The Morgan fingerprint density at radius 2 is 2.62 bits per heavy atom. The molecule has 0 aromatic heterocycles. The molecule has 1 rings (SSSR count). The lowest BCUT2D eigenvalue weighted by molar-refractivity contribution is 0.327. The third kappa shape index (κ3) is 1.20. The summed E-state index contributed by atoms with van der Waals surface area (Å²) in [5.41, 5.74) is 5.29. The first kappa shape index (κ1) is 5.56. The van der Waals surface area contributed by atoms with Gasteiger partial charge in [0.05, 0.1) is 0 Å². The summed E-state index contributed by atoms with van der Waals surface area (Å²) in [4.78, 5) is 0. The minimum Gasteiger partial charge on any atom is -0.329 e. The Kier molecular flexibility index (Phi) is 1.86. The molecule has 0 bridgehead atoms. The van der Waals surface area contributed by atoms with E-state index in [0.717, 1.165) is 19.5 Å². The predicted molar refractivity (Wildman–Crippen MR) is 33.7 cm³/mol. The SMILES string of the molecule is NCCN1CCC=N1. The van der Waals surface area contributed by atoms with Crippen molar-refractivity contribution >= 4 is 6.21 Å². The van der Waals surface area contributed by atoms with Crippen LogP contribution < -0.4 is 5.73 Å². The molecular weight excluding hydrogens is 102 g/mol. The molecule has 0 fully saturated rings. The molecule has 0 atom stereocenters. The van der Waals surface area contributed by atoms with Crippen LogP contribution in [-0.4, -0.2) is 30.9 Å². The van der Waals surface area contributed by atoms with Crippen molar-refractivity contribution < 1.29 is 0 Å². The van der Waals surface area contributed by atoms with E-state index in [0.29, 0.717) is 6.54 Å². The van der Waals surface area contributed by atoms with Crippen molar-refractivity contribution in [2.45, 2.75) is 6.42 Å². The van der Waals surface area contributed by atoms with E-state index in [1.165, 1.54) is 0 Å². The summed E-state index contributed by atoms with van der Waals surface area (Å²) >= 11 is 0. The summed E-state index contributed by atoms with van der Waals surface area (Å²) in [5, 5.41) is 6.04. The Morgan fingerprint density at radius 3 is 3.12 bits per heavy atom. The maximum Gasteiger partial charge on any atom is 0.0483 e. The third-order valence-corrected chi connectivity index (χ3v) is 1.15. The minimum atomic E-state index is 0.706. The summed E-state index contributed by atoms with van der Waals surface area (Å²) in [7, 11) is 0. The second kappa shape index (κ2) is 2.67. The zero-order valence-electron chi connectivity index (χ0n) is 4.88. The highest BCUT2D eigenvalue weighted by Gasteiger charge is 2.01. The number of hydrazone groups is 1. The summed E-state index contributed by atoms with van der Waals surface area (Å²) in [6.07, 6.45) is 3.01. The van der Waals surface area contributed by atoms with E-state index in [1.807, 2.05) is 11.2 Å². The summed E-state index contributed by atoms with van der Waals surface area (Å²) in [6, 6.07) is 0. The molecule has 0 radical (unpaired) electrons. The van der Waals surface area contributed by atoms with Gasteiger partial charge in [-0.15, -0.1) is 0 Å². The van der Waals surface area contributed by atoms with Crippen LogP contribution in [0.5, 0.6) is 0 Å². The average Bonchev–Trinajstić information content (AvgIpc) is 2.19. The van der Waals surface area contributed by atoms with Crippen molar-refractivity contribution in [3.05, 3.63) is 0 Å². The fraction of sp³-hybridized carbons (Fsp3) is 0.800. The zero-order valence-corrected chi connectivity index (χ0v) is 4.88. The van der Waals surface area contributed by atoms with Gasteiger partial charge >= 0.3 is 0 Å². The smallest absolute Gasteiger partial charge is 0.0483 e. The number of hydrogen-bond acceptors (Lipinski definition) is 3. The number of nitrogens with two attached hydrogens (primary N) is 1. The Balaban J connectivity index is 2.16. The van der Waals surface area contributed by atoms with Crippen LogP contribution in [0, 0.1) is 0 Å². The highest BCUT2D eigenvalue weighted by Crippen LogP contribution is 1.96. The first-order valence-corrected chi connectivity index (χ1v) is 2.91. The van der Waals surface area contributed by atoms with Gasteiger partial charge in [0.1, 0.15) is 0 Å². The molecular formula is C5H11N3. The van der Waals surface area contributed by atoms with Crippen LogP contribution in [0.4, 0.5) is 0 Å². The van der Waals surface area contributed by atoms with E-state index < -0.39 is 0 Å². The van der Waals surface area contributed by atoms with E-state index in [-0.39, 0.29) is 0 Å². The molecule has 0 aromatic rings. The van der Waals surface area contributed by atoms with Gasteiger partial charge in [-0.05, 0) is 0 Å². The van der Waals surface area contributed by atoms with Crippen LogP contribution in [-0.2, 0) is 0 Å². The van der Waals surface area contributed by atoms with E-state index in [2.05, 4.69) is 5.10 Å². The molecule has 0 saturated heterocycles. The molecule has 0 aromatic carbocycles. The monoisotopic (exact) mass is 113 g/mol. The molecule has 0 unspecified atom stereocenters. The zero-order chi connectivity index (χ0) is 5.82. The van der Waals surface area contributed by atoms with Crippen molar-refractivity contribution in [2.75, 3.05) is 19.6 Å². The highest BCUT2D eigenvalue weighted by atomic mass is 15.5. The summed E-state index contributed by atoms with van der Waals surface area (Å²) in [5.74, 6) is 0. The average molecular weight is 113 g/mol. The van der Waals surface area contributed by atoms with E-state index in [1.54, 1.807) is 0 Å². The van der Waals surface area contributed by atoms with Gasteiger partial charge in [-0.2, -0.15) is 5.10 Å². The molecule has 0 saturated carbocycles. The van der Waals surface area contributed by atoms with Crippen LogP contribution in [0.15, 0.2) is 5.10 Å². The Morgan fingerprint density at radius 1 is 1.75 bits per heavy atom. The van der Waals surface area contributed by atoms with Gasteiger partial charge in [-0.3, -0.25) is 5.01 Å². The quantitative estimate of drug-likeness (QED) is 0.531. The van der Waals surface area contributed by atoms with Gasteiger partial charge in [0.2, 0.25) is 0 Å². The minimum absolute atomic E-state index is 0.706. The first-order chi connectivity index (χ1) is 3.93. The molecule has 0 spiro atoms. The molecule has 3 nitrogen and oxygen atoms in total. The second-order valence-electron chi connectivity index (χ2n) is 1.83. The van der Waals surface area contributed by atoms with Gasteiger partial charge in [0, 0.05) is 32.3 Å². The molecule has 1 heterocycles. The highest BCUT2D eigenvalue weighted by molar-refractivity contribution is 5.58. The Labute approximate surface area is 49.2 Å². The molecule has 0 aliphatic carbocycles. The lowest BCUT2D eigenvalue weighted by Crippen LogP contribution is -2.22. The largest absolute Gasteiger partial charge is 0.329 e. The van der Waals surface area contributed by atoms with Crippen molar-refractivity contribution in [3.63, 3.8) is 0 Å². The van der Waals surface area contributed by atoms with Gasteiger partial charge < -0.3 is 5.73 Å². The second-order valence-corrected chi connectivity index (χ2v) is 1.83. The van der Waals surface area contributed by atoms with Crippen molar-refractivity contribution in [2.24, 2.45) is 10.8 Å². The fourth-order valence-corrected chi connectivity index (χ4v) is 0.756. The Bertz CT molecular complexity index is 89.7. The molecule has 1 aliphatic rings. The van der Waals surface area contributed by atoms with Crippen molar-refractivity contribution in [1.82, 2.24) is 5.01 Å². The van der Waals surface area contributed by atoms with Gasteiger partial charge in [0.25, 0.3) is 0 Å². The number of rotatable bonds is 2. The summed E-state index contributed by atoms with van der Waals surface area (Å²) in [6.45, 7) is 2.66. The topological polar surface area (TPSA) is 41.6 Å². The maximum atomic E-state index is 5.29. The Hall–Kier alpha value is -0.570. The standard InChI is InChI=1S/C5H11N3/c6-2-5-8-4-1-3-7-8/h3H,1-2,4-6H2. The van der Waals surface area contributed by atoms with Gasteiger partial charge in [-0.1, -0.05) is 0 Å². The van der Waals surface area contributed by atoms with Crippen LogP contribution in [0.3, 0.4) is 0 Å². The van der Waals surface area contributed by atoms with E-state index in [9.17, 15) is 0 Å². The normalized spacial score (nSPS) is 17.9. The molecule has 0 amide bonds. The van der Waals surface area contributed by atoms with Gasteiger partial charge in [0.15, 0.2) is 0 Å². The number of nitrogens with zero attached hydrogens (tertiary/aromatic N) is 2. The van der Waals surface area contributed by atoms with E-state index in [4.69, 9.17) is 5.73 Å². The van der Waals surface area contributed by atoms with Gasteiger partial charge in [-0.25, -0.2) is 0 Å². The molecule has 46 valence electrons. The maximum absolute atomic E-state index is 5.29. The molecule has 3 heteroatoms. The summed E-state index contributed by atoms with van der Waals surface area (Å²) < 4.78 is 0. The number of hydrogen-bond donors (Lipinski definition) is 1. The fourth-order valence-electron chi connectivity index (χ4n) is 0.756. The predicted octanol–water partition coefficient (Wildman–Crippen LogP) is -0.363. The molecule has 2 N–H and O–H groups in total. The van der Waals surface area contributed by atoms with Crippen molar-refractivity contribution in [3.8, 4) is 0 Å². The van der Waals surface area contributed by atoms with Crippen LogP contribution in [0.25, 0.3) is 0 Å². The van der Waals surface area contributed by atoms with Crippen LogP contribution >= 0.6 is 0 Å².